The first-order chi connectivity index (χ1) is 16.9. The van der Waals surface area contributed by atoms with Crippen molar-refractivity contribution in [2.75, 3.05) is 17.2 Å². The van der Waals surface area contributed by atoms with Crippen LogP contribution in [0.3, 0.4) is 0 Å². The van der Waals surface area contributed by atoms with E-state index in [9.17, 15) is 14.4 Å². The molecule has 3 aromatic rings. The number of pyridine rings is 2. The van der Waals surface area contributed by atoms with Gasteiger partial charge in [-0.25, -0.2) is 9.97 Å². The third kappa shape index (κ3) is 4.97. The minimum atomic E-state index is -0.597. The molecular weight excluding hydrogens is 493 g/mol. The van der Waals surface area contributed by atoms with E-state index in [4.69, 9.17) is 27.6 Å². The molecule has 1 aliphatic heterocycles. The molecule has 0 atom stereocenters. The first-order valence-electron chi connectivity index (χ1n) is 11.5. The maximum Gasteiger partial charge on any atom is 0.294 e. The molecule has 182 valence electrons. The van der Waals surface area contributed by atoms with Crippen molar-refractivity contribution >= 4 is 63.5 Å². The van der Waals surface area contributed by atoms with Crippen LogP contribution in [0.1, 0.15) is 49.1 Å². The smallest absolute Gasteiger partial charge is 0.294 e. The number of furan rings is 1. The molecule has 3 amide bonds. The highest BCUT2D eigenvalue weighted by Gasteiger charge is 2.34. The molecule has 3 aromatic heterocycles. The van der Waals surface area contributed by atoms with Crippen LogP contribution in [-0.4, -0.2) is 45.2 Å². The van der Waals surface area contributed by atoms with E-state index in [-0.39, 0.29) is 46.6 Å². The lowest BCUT2D eigenvalue weighted by Gasteiger charge is -2.34. The number of rotatable bonds is 5. The number of nitrogens with zero attached hydrogens (tertiary/aromatic N) is 3. The molecule has 4 heterocycles. The SMILES string of the molecule is O=C(Nc1ccc(Cl)cn1)c1oc2cc(Cl)cnc2c1NC(=O)C1CCC(N2CCCC2=O)CC1. The van der Waals surface area contributed by atoms with Crippen LogP contribution < -0.4 is 10.6 Å². The molecule has 0 bridgehead atoms. The molecule has 35 heavy (non-hydrogen) atoms. The first kappa shape index (κ1) is 23.6. The predicted molar refractivity (Wildman–Crippen MR) is 132 cm³/mol. The average molecular weight is 516 g/mol. The number of carbonyl (C=O) groups is 3. The maximum atomic E-state index is 13.2. The second-order valence-electron chi connectivity index (χ2n) is 8.81. The third-order valence-electron chi connectivity index (χ3n) is 6.54. The van der Waals surface area contributed by atoms with Gasteiger partial charge in [0.15, 0.2) is 5.58 Å². The molecule has 2 aliphatic rings. The molecule has 0 unspecified atom stereocenters. The topological polar surface area (TPSA) is 117 Å². The number of nitrogens with one attached hydrogen (secondary N) is 2. The Morgan fingerprint density at radius 1 is 1.03 bits per heavy atom. The molecule has 0 radical (unpaired) electrons. The second kappa shape index (κ2) is 9.83. The summed E-state index contributed by atoms with van der Waals surface area (Å²) in [6.07, 6.45) is 7.22. The van der Waals surface area contributed by atoms with Crippen LogP contribution in [0.2, 0.25) is 10.0 Å². The first-order valence-corrected chi connectivity index (χ1v) is 12.3. The normalized spacial score (nSPS) is 20.3. The van der Waals surface area contributed by atoms with Gasteiger partial charge in [-0.1, -0.05) is 23.2 Å². The Balaban J connectivity index is 1.34. The van der Waals surface area contributed by atoms with E-state index in [1.54, 1.807) is 12.1 Å². The molecule has 0 spiro atoms. The number of likely N-dealkylation sites (tertiary alicyclic amines) is 1. The number of anilines is 2. The van der Waals surface area contributed by atoms with Crippen molar-refractivity contribution in [1.29, 1.82) is 0 Å². The molecule has 9 nitrogen and oxygen atoms in total. The van der Waals surface area contributed by atoms with Gasteiger partial charge in [-0.3, -0.25) is 14.4 Å². The van der Waals surface area contributed by atoms with E-state index >= 15 is 0 Å². The summed E-state index contributed by atoms with van der Waals surface area (Å²) in [5.41, 5.74) is 0.788. The van der Waals surface area contributed by atoms with Gasteiger partial charge < -0.3 is 20.0 Å². The zero-order valence-electron chi connectivity index (χ0n) is 18.7. The third-order valence-corrected chi connectivity index (χ3v) is 6.97. The fourth-order valence-corrected chi connectivity index (χ4v) is 5.04. The van der Waals surface area contributed by atoms with Crippen LogP contribution in [0.5, 0.6) is 0 Å². The summed E-state index contributed by atoms with van der Waals surface area (Å²) in [5.74, 6) is -0.669. The minimum Gasteiger partial charge on any atom is -0.447 e. The Kier molecular flexibility index (Phi) is 6.62. The second-order valence-corrected chi connectivity index (χ2v) is 9.68. The molecule has 2 N–H and O–H groups in total. The monoisotopic (exact) mass is 515 g/mol. The number of halogens is 2. The molecule has 1 saturated carbocycles. The standard InChI is InChI=1S/C24H23Cl2N5O4/c25-14-5-8-18(27-11-14)29-24(34)22-21(20-17(35-22)10-15(26)12-28-20)30-23(33)13-3-6-16(7-4-13)31-9-1-2-19(31)32/h5,8,10-13,16H,1-4,6-7,9H2,(H,30,33)(H,27,29,34). The maximum absolute atomic E-state index is 13.2. The van der Waals surface area contributed by atoms with E-state index < -0.39 is 5.91 Å². The fourth-order valence-electron chi connectivity index (χ4n) is 4.78. The van der Waals surface area contributed by atoms with Crippen molar-refractivity contribution in [1.82, 2.24) is 14.9 Å². The lowest BCUT2D eigenvalue weighted by atomic mass is 9.84. The number of carbonyl (C=O) groups excluding carboxylic acids is 3. The van der Waals surface area contributed by atoms with Crippen LogP contribution in [0.4, 0.5) is 11.5 Å². The summed E-state index contributed by atoms with van der Waals surface area (Å²) >= 11 is 11.9. The summed E-state index contributed by atoms with van der Waals surface area (Å²) < 4.78 is 5.75. The number of fused-ring (bicyclic) bond motifs is 1. The lowest BCUT2D eigenvalue weighted by molar-refractivity contribution is -0.130. The predicted octanol–water partition coefficient (Wildman–Crippen LogP) is 4.90. The van der Waals surface area contributed by atoms with E-state index in [0.717, 1.165) is 25.8 Å². The summed E-state index contributed by atoms with van der Waals surface area (Å²) in [7, 11) is 0. The highest BCUT2D eigenvalue weighted by molar-refractivity contribution is 6.31. The van der Waals surface area contributed by atoms with Gasteiger partial charge >= 0.3 is 0 Å². The van der Waals surface area contributed by atoms with Gasteiger partial charge in [0.05, 0.1) is 10.0 Å². The Labute approximate surface area is 211 Å². The summed E-state index contributed by atoms with van der Waals surface area (Å²) in [6, 6.07) is 4.88. The van der Waals surface area contributed by atoms with Crippen molar-refractivity contribution in [3.8, 4) is 0 Å². The highest BCUT2D eigenvalue weighted by atomic mass is 35.5. The van der Waals surface area contributed by atoms with E-state index in [1.165, 1.54) is 18.5 Å². The fraction of sp³-hybridized carbons (Fsp3) is 0.375. The number of hydrogen-bond donors (Lipinski definition) is 2. The van der Waals surface area contributed by atoms with Crippen molar-refractivity contribution in [3.05, 3.63) is 46.4 Å². The highest BCUT2D eigenvalue weighted by Crippen LogP contribution is 2.34. The van der Waals surface area contributed by atoms with Crippen LogP contribution in [-0.2, 0) is 9.59 Å². The van der Waals surface area contributed by atoms with Crippen molar-refractivity contribution < 1.29 is 18.8 Å². The van der Waals surface area contributed by atoms with Gasteiger partial charge in [-0.15, -0.1) is 0 Å². The summed E-state index contributed by atoms with van der Waals surface area (Å²) in [5, 5.41) is 6.28. The molecule has 11 heteroatoms. The molecule has 1 saturated heterocycles. The van der Waals surface area contributed by atoms with Gasteiger partial charge in [0.25, 0.3) is 5.91 Å². The zero-order chi connectivity index (χ0) is 24.5. The van der Waals surface area contributed by atoms with E-state index in [1.807, 2.05) is 4.90 Å². The molecular formula is C24H23Cl2N5O4. The van der Waals surface area contributed by atoms with Crippen LogP contribution in [0, 0.1) is 5.92 Å². The van der Waals surface area contributed by atoms with Crippen LogP contribution in [0.15, 0.2) is 35.0 Å². The van der Waals surface area contributed by atoms with E-state index in [2.05, 4.69) is 20.6 Å². The molecule has 0 aromatic carbocycles. The molecule has 2 fully saturated rings. The number of amides is 3. The van der Waals surface area contributed by atoms with Crippen molar-refractivity contribution in [2.45, 2.75) is 44.6 Å². The molecule has 5 rings (SSSR count). The Morgan fingerprint density at radius 2 is 1.80 bits per heavy atom. The van der Waals surface area contributed by atoms with Gasteiger partial charge in [0, 0.05) is 43.4 Å². The van der Waals surface area contributed by atoms with Gasteiger partial charge in [0.2, 0.25) is 17.6 Å². The average Bonchev–Trinajstić information content (AvgIpc) is 3.43. The van der Waals surface area contributed by atoms with E-state index in [0.29, 0.717) is 34.8 Å². The Hall–Kier alpha value is -3.17. The van der Waals surface area contributed by atoms with Crippen LogP contribution in [0.25, 0.3) is 11.1 Å². The minimum absolute atomic E-state index is 0.101. The lowest BCUT2D eigenvalue weighted by Crippen LogP contribution is -2.40. The van der Waals surface area contributed by atoms with Crippen molar-refractivity contribution in [2.24, 2.45) is 5.92 Å². The Bertz CT molecular complexity index is 1290. The quantitative estimate of drug-likeness (QED) is 0.498. The zero-order valence-corrected chi connectivity index (χ0v) is 20.2. The number of aromatic nitrogens is 2. The van der Waals surface area contributed by atoms with Gasteiger partial charge in [-0.05, 0) is 44.2 Å². The Morgan fingerprint density at radius 3 is 2.49 bits per heavy atom. The van der Waals surface area contributed by atoms with Crippen molar-refractivity contribution in [3.63, 3.8) is 0 Å². The van der Waals surface area contributed by atoms with Gasteiger partial charge in [-0.2, -0.15) is 0 Å². The summed E-state index contributed by atoms with van der Waals surface area (Å²) in [6.45, 7) is 0.802. The largest absolute Gasteiger partial charge is 0.447 e. The van der Waals surface area contributed by atoms with Crippen LogP contribution >= 0.6 is 23.2 Å². The molecule has 1 aliphatic carbocycles. The number of hydrogen-bond acceptors (Lipinski definition) is 6. The van der Waals surface area contributed by atoms with Gasteiger partial charge in [0.1, 0.15) is 17.0 Å². The summed E-state index contributed by atoms with van der Waals surface area (Å²) in [4.78, 5) is 48.6.